The molecule has 0 fully saturated rings. The summed E-state index contributed by atoms with van der Waals surface area (Å²) >= 11 is 0. The molecule has 0 atom stereocenters. The SMILES string of the molecule is O=C(O)/C=C/c1[nH]c2ccccc2c1C(=O)O. The number of benzene rings is 1. The van der Waals surface area contributed by atoms with Gasteiger partial charge in [0.2, 0.25) is 0 Å². The number of para-hydroxylation sites is 1. The van der Waals surface area contributed by atoms with Crippen molar-refractivity contribution in [2.24, 2.45) is 0 Å². The predicted octanol–water partition coefficient (Wildman–Crippen LogP) is 1.96. The lowest BCUT2D eigenvalue weighted by Gasteiger charge is -1.93. The van der Waals surface area contributed by atoms with Gasteiger partial charge in [-0.3, -0.25) is 0 Å². The topological polar surface area (TPSA) is 90.4 Å². The lowest BCUT2D eigenvalue weighted by Crippen LogP contribution is -1.97. The second kappa shape index (κ2) is 4.13. The number of carbonyl (C=O) groups is 2. The Morgan fingerprint density at radius 3 is 2.53 bits per heavy atom. The van der Waals surface area contributed by atoms with E-state index in [0.717, 1.165) is 6.08 Å². The minimum Gasteiger partial charge on any atom is -0.478 e. The molecule has 5 heteroatoms. The van der Waals surface area contributed by atoms with E-state index in [2.05, 4.69) is 4.98 Å². The zero-order valence-corrected chi connectivity index (χ0v) is 8.68. The molecule has 1 aromatic heterocycles. The number of aromatic nitrogens is 1. The Morgan fingerprint density at radius 2 is 1.88 bits per heavy atom. The van der Waals surface area contributed by atoms with Crippen LogP contribution in [0, 0.1) is 0 Å². The second-order valence-electron chi connectivity index (χ2n) is 3.44. The lowest BCUT2D eigenvalue weighted by molar-refractivity contribution is -0.131. The van der Waals surface area contributed by atoms with Gasteiger partial charge in [0, 0.05) is 17.0 Å². The molecule has 0 aliphatic carbocycles. The highest BCUT2D eigenvalue weighted by Crippen LogP contribution is 2.23. The number of nitrogens with one attached hydrogen (secondary N) is 1. The molecule has 17 heavy (non-hydrogen) atoms. The van der Waals surface area contributed by atoms with E-state index in [0.29, 0.717) is 10.9 Å². The molecular weight excluding hydrogens is 222 g/mol. The fraction of sp³-hybridized carbons (Fsp3) is 0. The second-order valence-corrected chi connectivity index (χ2v) is 3.44. The summed E-state index contributed by atoms with van der Waals surface area (Å²) in [5.74, 6) is -2.22. The normalized spacial score (nSPS) is 11.1. The molecule has 0 saturated heterocycles. The molecule has 0 aliphatic heterocycles. The fourth-order valence-electron chi connectivity index (χ4n) is 1.67. The van der Waals surface area contributed by atoms with Crippen LogP contribution < -0.4 is 0 Å². The first-order valence-corrected chi connectivity index (χ1v) is 4.84. The van der Waals surface area contributed by atoms with E-state index in [9.17, 15) is 9.59 Å². The molecule has 0 aliphatic rings. The van der Waals surface area contributed by atoms with E-state index in [1.165, 1.54) is 6.08 Å². The third kappa shape index (κ3) is 2.03. The van der Waals surface area contributed by atoms with E-state index in [1.54, 1.807) is 24.3 Å². The third-order valence-electron chi connectivity index (χ3n) is 2.34. The van der Waals surface area contributed by atoms with Crippen LogP contribution in [0.5, 0.6) is 0 Å². The van der Waals surface area contributed by atoms with Gasteiger partial charge in [0.15, 0.2) is 0 Å². The average molecular weight is 231 g/mol. The summed E-state index contributed by atoms with van der Waals surface area (Å²) in [6.07, 6.45) is 2.14. The predicted molar refractivity (Wildman–Crippen MR) is 61.9 cm³/mol. The standard InChI is InChI=1S/C12H9NO4/c14-10(15)6-5-9-11(12(16)17)7-3-1-2-4-8(7)13-9/h1-6,13H,(H,14,15)(H,16,17)/b6-5+. The molecule has 5 nitrogen and oxygen atoms in total. The van der Waals surface area contributed by atoms with E-state index in [4.69, 9.17) is 10.2 Å². The van der Waals surface area contributed by atoms with Crippen LogP contribution in [0.1, 0.15) is 16.1 Å². The molecule has 2 aromatic rings. The Bertz CT molecular complexity index is 624. The first-order valence-electron chi connectivity index (χ1n) is 4.84. The van der Waals surface area contributed by atoms with E-state index in [-0.39, 0.29) is 11.3 Å². The third-order valence-corrected chi connectivity index (χ3v) is 2.34. The number of rotatable bonds is 3. The average Bonchev–Trinajstić information content (AvgIpc) is 2.64. The van der Waals surface area contributed by atoms with Crippen LogP contribution >= 0.6 is 0 Å². The fourth-order valence-corrected chi connectivity index (χ4v) is 1.67. The van der Waals surface area contributed by atoms with Crippen molar-refractivity contribution in [2.75, 3.05) is 0 Å². The summed E-state index contributed by atoms with van der Waals surface area (Å²) in [7, 11) is 0. The van der Waals surface area contributed by atoms with E-state index < -0.39 is 11.9 Å². The van der Waals surface area contributed by atoms with Crippen LogP contribution in [-0.2, 0) is 4.79 Å². The van der Waals surface area contributed by atoms with Crippen molar-refractivity contribution in [3.63, 3.8) is 0 Å². The number of aliphatic carboxylic acids is 1. The minimum atomic E-state index is -1.13. The highest BCUT2D eigenvalue weighted by atomic mass is 16.4. The van der Waals surface area contributed by atoms with Crippen LogP contribution in [0.3, 0.4) is 0 Å². The Labute approximate surface area is 96.0 Å². The first-order chi connectivity index (χ1) is 8.09. The molecule has 3 N–H and O–H groups in total. The molecule has 1 aromatic carbocycles. The molecule has 0 radical (unpaired) electrons. The number of carboxylic acids is 2. The van der Waals surface area contributed by atoms with Gasteiger partial charge >= 0.3 is 11.9 Å². The number of fused-ring (bicyclic) bond motifs is 1. The van der Waals surface area contributed by atoms with Gasteiger partial charge in [-0.2, -0.15) is 0 Å². The minimum absolute atomic E-state index is 0.0816. The van der Waals surface area contributed by atoms with E-state index >= 15 is 0 Å². The van der Waals surface area contributed by atoms with Crippen molar-refractivity contribution in [1.82, 2.24) is 4.98 Å². The van der Waals surface area contributed by atoms with Gasteiger partial charge in [-0.05, 0) is 12.1 Å². The van der Waals surface area contributed by atoms with Gasteiger partial charge < -0.3 is 15.2 Å². The van der Waals surface area contributed by atoms with Crippen molar-refractivity contribution >= 4 is 28.9 Å². The van der Waals surface area contributed by atoms with Crippen LogP contribution in [0.2, 0.25) is 0 Å². The zero-order chi connectivity index (χ0) is 12.4. The van der Waals surface area contributed by atoms with Gasteiger partial charge in [0.1, 0.15) is 0 Å². The van der Waals surface area contributed by atoms with Gasteiger partial charge in [-0.1, -0.05) is 18.2 Å². The summed E-state index contributed by atoms with van der Waals surface area (Å²) in [5.41, 5.74) is 1.02. The van der Waals surface area contributed by atoms with Gasteiger partial charge in [-0.25, -0.2) is 9.59 Å². The summed E-state index contributed by atoms with van der Waals surface area (Å²) < 4.78 is 0. The molecule has 0 spiro atoms. The van der Waals surface area contributed by atoms with Crippen molar-refractivity contribution in [1.29, 1.82) is 0 Å². The van der Waals surface area contributed by atoms with Gasteiger partial charge in [0.05, 0.1) is 11.3 Å². The van der Waals surface area contributed by atoms with Crippen LogP contribution in [0.15, 0.2) is 30.3 Å². The number of hydrogen-bond acceptors (Lipinski definition) is 2. The molecule has 0 unspecified atom stereocenters. The van der Waals surface area contributed by atoms with Gasteiger partial charge in [-0.15, -0.1) is 0 Å². The van der Waals surface area contributed by atoms with Crippen LogP contribution in [-0.4, -0.2) is 27.1 Å². The van der Waals surface area contributed by atoms with Crippen molar-refractivity contribution in [3.8, 4) is 0 Å². The summed E-state index contributed by atoms with van der Waals surface area (Å²) in [6, 6.07) is 6.91. The monoisotopic (exact) mass is 231 g/mol. The maximum Gasteiger partial charge on any atom is 0.338 e. The zero-order valence-electron chi connectivity index (χ0n) is 8.68. The molecule has 2 rings (SSSR count). The maximum absolute atomic E-state index is 11.1. The first kappa shape index (κ1) is 10.9. The Hall–Kier alpha value is -2.56. The smallest absolute Gasteiger partial charge is 0.338 e. The quantitative estimate of drug-likeness (QED) is 0.704. The molecule has 0 saturated carbocycles. The number of H-pyrrole nitrogens is 1. The number of carboxylic acid groups (broad SMARTS) is 2. The summed E-state index contributed by atoms with van der Waals surface area (Å²) in [6.45, 7) is 0. The Balaban J connectivity index is 2.66. The van der Waals surface area contributed by atoms with Gasteiger partial charge in [0.25, 0.3) is 0 Å². The molecule has 0 bridgehead atoms. The molecule has 86 valence electrons. The number of aromatic amines is 1. The van der Waals surface area contributed by atoms with Crippen LogP contribution in [0.25, 0.3) is 17.0 Å². The number of hydrogen-bond donors (Lipinski definition) is 3. The maximum atomic E-state index is 11.1. The summed E-state index contributed by atoms with van der Waals surface area (Å²) in [5, 5.41) is 18.2. The Morgan fingerprint density at radius 1 is 1.18 bits per heavy atom. The molecular formula is C12H9NO4. The highest BCUT2D eigenvalue weighted by Gasteiger charge is 2.15. The van der Waals surface area contributed by atoms with Crippen molar-refractivity contribution in [3.05, 3.63) is 41.6 Å². The largest absolute Gasteiger partial charge is 0.478 e. The summed E-state index contributed by atoms with van der Waals surface area (Å²) in [4.78, 5) is 24.4. The lowest BCUT2D eigenvalue weighted by atomic mass is 10.1. The highest BCUT2D eigenvalue weighted by molar-refractivity contribution is 6.07. The number of aromatic carboxylic acids is 1. The Kier molecular flexibility index (Phi) is 2.66. The van der Waals surface area contributed by atoms with Crippen molar-refractivity contribution < 1.29 is 19.8 Å². The van der Waals surface area contributed by atoms with E-state index in [1.807, 2.05) is 0 Å². The molecule has 0 amide bonds. The molecule has 1 heterocycles. The van der Waals surface area contributed by atoms with Crippen LogP contribution in [0.4, 0.5) is 0 Å². The van der Waals surface area contributed by atoms with Crippen molar-refractivity contribution in [2.45, 2.75) is 0 Å².